The highest BCUT2D eigenvalue weighted by Gasteiger charge is 2.39. The van der Waals surface area contributed by atoms with Crippen LogP contribution in [-0.4, -0.2) is 20.5 Å². The van der Waals surface area contributed by atoms with Crippen LogP contribution in [0.25, 0.3) is 0 Å². The number of rotatable bonds is 2. The Bertz CT molecular complexity index is 1110. The topological polar surface area (TPSA) is 59.8 Å². The van der Waals surface area contributed by atoms with Gasteiger partial charge in [-0.1, -0.05) is 51.8 Å². The summed E-state index contributed by atoms with van der Waals surface area (Å²) >= 11 is 9.56. The fourth-order valence-corrected chi connectivity index (χ4v) is 4.65. The number of allylic oxidation sites excluding steroid dienone is 2. The molecule has 2 unspecified atom stereocenters. The standard InChI is InChI=1S/C21H16BrClN4O/c22-15-3-1-2-13(8-15)20-19-17(26-21-24-11-25-27(20)21)9-14(10-18(19)28)12-4-6-16(23)7-5-12/h1-8,11,14,20H,9-10H2,(H,24,25,26). The SMILES string of the molecule is O=C1CC(c2ccc(Cl)cc2)CC2=C1C(c1cccc(Br)c1)n1ncnc1N2. The van der Waals surface area contributed by atoms with Gasteiger partial charge in [0.2, 0.25) is 5.95 Å². The van der Waals surface area contributed by atoms with Gasteiger partial charge >= 0.3 is 0 Å². The van der Waals surface area contributed by atoms with Crippen molar-refractivity contribution in [2.45, 2.75) is 24.8 Å². The molecule has 0 radical (unpaired) electrons. The zero-order chi connectivity index (χ0) is 19.3. The quantitative estimate of drug-likeness (QED) is 0.583. The summed E-state index contributed by atoms with van der Waals surface area (Å²) in [6, 6.07) is 15.5. The van der Waals surface area contributed by atoms with Crippen molar-refractivity contribution in [2.75, 3.05) is 5.32 Å². The Labute approximate surface area is 175 Å². The molecular weight excluding hydrogens is 440 g/mol. The zero-order valence-electron chi connectivity index (χ0n) is 14.8. The molecule has 0 saturated heterocycles. The number of nitrogens with one attached hydrogen (secondary N) is 1. The van der Waals surface area contributed by atoms with Crippen molar-refractivity contribution in [1.82, 2.24) is 14.8 Å². The van der Waals surface area contributed by atoms with Crippen molar-refractivity contribution in [1.29, 1.82) is 0 Å². The van der Waals surface area contributed by atoms with Crippen LogP contribution >= 0.6 is 27.5 Å². The van der Waals surface area contributed by atoms with Gasteiger partial charge in [-0.3, -0.25) is 4.79 Å². The van der Waals surface area contributed by atoms with E-state index in [1.807, 2.05) is 48.5 Å². The minimum Gasteiger partial charge on any atom is -0.328 e. The van der Waals surface area contributed by atoms with Gasteiger partial charge in [0.1, 0.15) is 12.4 Å². The van der Waals surface area contributed by atoms with Crippen LogP contribution in [0.1, 0.15) is 35.9 Å². The molecule has 1 aliphatic carbocycles. The molecule has 0 bridgehead atoms. The second-order valence-electron chi connectivity index (χ2n) is 7.08. The molecule has 0 spiro atoms. The van der Waals surface area contributed by atoms with Gasteiger partial charge in [0.05, 0.1) is 0 Å². The van der Waals surface area contributed by atoms with Gasteiger partial charge in [0, 0.05) is 27.2 Å². The Hall–Kier alpha value is -2.44. The lowest BCUT2D eigenvalue weighted by atomic mass is 9.78. The maximum atomic E-state index is 13.3. The Balaban J connectivity index is 1.59. The molecule has 2 heterocycles. The summed E-state index contributed by atoms with van der Waals surface area (Å²) in [7, 11) is 0. The summed E-state index contributed by atoms with van der Waals surface area (Å²) in [5.41, 5.74) is 3.84. The minimum atomic E-state index is -0.273. The molecule has 2 atom stereocenters. The number of ketones is 1. The number of hydrogen-bond donors (Lipinski definition) is 1. The molecule has 7 heteroatoms. The lowest BCUT2D eigenvalue weighted by molar-refractivity contribution is -0.116. The number of benzene rings is 2. The third kappa shape index (κ3) is 2.97. The van der Waals surface area contributed by atoms with Crippen molar-refractivity contribution in [3.63, 3.8) is 0 Å². The second-order valence-corrected chi connectivity index (χ2v) is 8.43. The van der Waals surface area contributed by atoms with Gasteiger partial charge in [-0.05, 0) is 47.7 Å². The van der Waals surface area contributed by atoms with E-state index >= 15 is 0 Å². The van der Waals surface area contributed by atoms with E-state index in [4.69, 9.17) is 11.6 Å². The average molecular weight is 456 g/mol. The molecule has 1 aromatic heterocycles. The zero-order valence-corrected chi connectivity index (χ0v) is 17.1. The first-order chi connectivity index (χ1) is 13.6. The van der Waals surface area contributed by atoms with E-state index in [-0.39, 0.29) is 17.7 Å². The van der Waals surface area contributed by atoms with Gasteiger partial charge in [-0.2, -0.15) is 10.1 Å². The number of aromatic nitrogens is 3. The molecule has 0 fully saturated rings. The summed E-state index contributed by atoms with van der Waals surface area (Å²) in [5, 5.41) is 8.43. The maximum absolute atomic E-state index is 13.3. The van der Waals surface area contributed by atoms with Crippen LogP contribution in [0.4, 0.5) is 5.95 Å². The van der Waals surface area contributed by atoms with Gasteiger partial charge in [0.15, 0.2) is 5.78 Å². The lowest BCUT2D eigenvalue weighted by Crippen LogP contribution is -2.33. The summed E-state index contributed by atoms with van der Waals surface area (Å²) in [6.07, 6.45) is 2.74. The molecule has 1 aliphatic heterocycles. The van der Waals surface area contributed by atoms with Gasteiger partial charge in [0.25, 0.3) is 0 Å². The number of nitrogens with zero attached hydrogens (tertiary/aromatic N) is 3. The number of halogens is 2. The van der Waals surface area contributed by atoms with Crippen molar-refractivity contribution in [3.05, 3.63) is 86.8 Å². The summed E-state index contributed by atoms with van der Waals surface area (Å²) < 4.78 is 2.76. The van der Waals surface area contributed by atoms with Crippen LogP contribution in [0, 0.1) is 0 Å². The first kappa shape index (κ1) is 17.6. The Morgan fingerprint density at radius 2 is 1.93 bits per heavy atom. The van der Waals surface area contributed by atoms with Crippen LogP contribution in [0.2, 0.25) is 5.02 Å². The van der Waals surface area contributed by atoms with Crippen LogP contribution in [0.3, 0.4) is 0 Å². The Kier molecular flexibility index (Phi) is 4.33. The van der Waals surface area contributed by atoms with E-state index in [0.717, 1.165) is 33.3 Å². The molecular formula is C21H16BrClN4O. The third-order valence-corrected chi connectivity index (χ3v) is 6.11. The van der Waals surface area contributed by atoms with E-state index in [9.17, 15) is 4.79 Å². The first-order valence-electron chi connectivity index (χ1n) is 9.04. The number of anilines is 1. The van der Waals surface area contributed by atoms with Crippen LogP contribution in [0.15, 0.2) is 70.6 Å². The summed E-state index contributed by atoms with van der Waals surface area (Å²) in [6.45, 7) is 0. The van der Waals surface area contributed by atoms with Gasteiger partial charge < -0.3 is 5.32 Å². The molecule has 28 heavy (non-hydrogen) atoms. The Morgan fingerprint density at radius 3 is 2.71 bits per heavy atom. The highest BCUT2D eigenvalue weighted by atomic mass is 79.9. The maximum Gasteiger partial charge on any atom is 0.226 e. The molecule has 5 rings (SSSR count). The molecule has 2 aromatic carbocycles. The molecule has 1 N–H and O–H groups in total. The monoisotopic (exact) mass is 454 g/mol. The number of Topliss-reactive ketones (excluding diaryl/α,β-unsaturated/α-hetero) is 1. The van der Waals surface area contributed by atoms with Crippen molar-refractivity contribution < 1.29 is 4.79 Å². The average Bonchev–Trinajstić information content (AvgIpc) is 3.15. The Morgan fingerprint density at radius 1 is 1.11 bits per heavy atom. The van der Waals surface area contributed by atoms with Crippen LogP contribution in [-0.2, 0) is 4.79 Å². The predicted octanol–water partition coefficient (Wildman–Crippen LogP) is 5.11. The lowest BCUT2D eigenvalue weighted by Gasteiger charge is -2.35. The molecule has 3 aromatic rings. The molecule has 2 aliphatic rings. The molecule has 0 amide bonds. The normalized spacial score (nSPS) is 21.1. The largest absolute Gasteiger partial charge is 0.328 e. The van der Waals surface area contributed by atoms with E-state index in [2.05, 4.69) is 31.3 Å². The van der Waals surface area contributed by atoms with E-state index in [1.54, 1.807) is 4.68 Å². The number of hydrogen-bond acceptors (Lipinski definition) is 4. The van der Waals surface area contributed by atoms with Crippen LogP contribution in [0.5, 0.6) is 0 Å². The van der Waals surface area contributed by atoms with Gasteiger partial charge in [-0.25, -0.2) is 4.68 Å². The third-order valence-electron chi connectivity index (χ3n) is 5.37. The van der Waals surface area contributed by atoms with Crippen molar-refractivity contribution in [3.8, 4) is 0 Å². The number of carbonyl (C=O) groups is 1. The van der Waals surface area contributed by atoms with Crippen LogP contribution < -0.4 is 5.32 Å². The number of carbonyl (C=O) groups excluding carboxylic acids is 1. The highest BCUT2D eigenvalue weighted by molar-refractivity contribution is 9.10. The first-order valence-corrected chi connectivity index (χ1v) is 10.2. The van der Waals surface area contributed by atoms with E-state index in [1.165, 1.54) is 6.33 Å². The predicted molar refractivity (Wildman–Crippen MR) is 111 cm³/mol. The van der Waals surface area contributed by atoms with E-state index < -0.39 is 0 Å². The smallest absolute Gasteiger partial charge is 0.226 e. The molecule has 0 saturated carbocycles. The second kappa shape index (κ2) is 6.87. The van der Waals surface area contributed by atoms with E-state index in [0.29, 0.717) is 17.4 Å². The summed E-state index contributed by atoms with van der Waals surface area (Å²) in [4.78, 5) is 17.6. The number of fused-ring (bicyclic) bond motifs is 1. The van der Waals surface area contributed by atoms with Crippen molar-refractivity contribution >= 4 is 39.3 Å². The minimum absolute atomic E-state index is 0.119. The van der Waals surface area contributed by atoms with Crippen molar-refractivity contribution in [2.24, 2.45) is 0 Å². The molecule has 140 valence electrons. The fraction of sp³-hybridized carbons (Fsp3) is 0.190. The highest BCUT2D eigenvalue weighted by Crippen LogP contribution is 2.44. The molecule has 5 nitrogen and oxygen atoms in total. The van der Waals surface area contributed by atoms with Gasteiger partial charge in [-0.15, -0.1) is 0 Å². The summed E-state index contributed by atoms with van der Waals surface area (Å²) in [5.74, 6) is 0.918. The fourth-order valence-electron chi connectivity index (χ4n) is 4.11.